The maximum absolute atomic E-state index is 6.79. The molecule has 3 heteroatoms. The average Bonchev–Trinajstić information content (AvgIpc) is 2.31. The second-order valence-corrected chi connectivity index (χ2v) is 5.93. The summed E-state index contributed by atoms with van der Waals surface area (Å²) in [5.74, 6) is 0.874. The monoisotopic (exact) mass is 265 g/mol. The van der Waals surface area contributed by atoms with Crippen LogP contribution in [0.2, 0.25) is 0 Å². The Morgan fingerprint density at radius 2 is 1.89 bits per heavy atom. The van der Waals surface area contributed by atoms with E-state index in [0.717, 1.165) is 25.1 Å². The summed E-state index contributed by atoms with van der Waals surface area (Å²) in [4.78, 5) is 2.38. The van der Waals surface area contributed by atoms with Crippen LogP contribution < -0.4 is 4.74 Å². The Labute approximate surface area is 114 Å². The van der Waals surface area contributed by atoms with Crippen molar-refractivity contribution in [1.29, 1.82) is 0 Å². The highest BCUT2D eigenvalue weighted by atomic mass is 35.5. The number of hydrogen-bond donors (Lipinski definition) is 0. The van der Waals surface area contributed by atoms with E-state index in [0.29, 0.717) is 6.04 Å². The summed E-state index contributed by atoms with van der Waals surface area (Å²) in [6, 6.07) is 10.6. The van der Waals surface area contributed by atoms with Gasteiger partial charge in [0, 0.05) is 19.0 Å². The quantitative estimate of drug-likeness (QED) is 0.605. The number of nitrogens with zero attached hydrogens (tertiary/aromatic N) is 1. The zero-order chi connectivity index (χ0) is 12.4. The van der Waals surface area contributed by atoms with Crippen LogP contribution in [-0.2, 0) is 0 Å². The van der Waals surface area contributed by atoms with Crippen molar-refractivity contribution in [3.8, 4) is 5.75 Å². The molecule has 98 valence electrons. The topological polar surface area (TPSA) is 12.5 Å². The number of piperidine rings is 1. The minimum Gasteiger partial charge on any atom is -0.459 e. The zero-order valence-electron chi connectivity index (χ0n) is 10.6. The van der Waals surface area contributed by atoms with Crippen LogP contribution in [0.1, 0.15) is 38.5 Å². The Morgan fingerprint density at radius 1 is 1.11 bits per heavy atom. The average molecular weight is 266 g/mol. The van der Waals surface area contributed by atoms with Crippen LogP contribution in [0.5, 0.6) is 5.75 Å². The second-order valence-electron chi connectivity index (χ2n) is 5.34. The Kier molecular flexibility index (Phi) is 3.49. The van der Waals surface area contributed by atoms with Crippen LogP contribution in [0.15, 0.2) is 30.3 Å². The van der Waals surface area contributed by atoms with Crippen LogP contribution in [0.4, 0.5) is 0 Å². The third kappa shape index (κ3) is 2.36. The van der Waals surface area contributed by atoms with Crippen LogP contribution in [0.25, 0.3) is 0 Å². The van der Waals surface area contributed by atoms with Gasteiger partial charge in [-0.15, -0.1) is 0 Å². The van der Waals surface area contributed by atoms with Crippen molar-refractivity contribution in [2.24, 2.45) is 0 Å². The molecule has 0 spiro atoms. The van der Waals surface area contributed by atoms with Crippen molar-refractivity contribution in [2.45, 2.75) is 49.8 Å². The van der Waals surface area contributed by atoms with Crippen molar-refractivity contribution < 1.29 is 4.74 Å². The minimum atomic E-state index is -0.620. The molecule has 1 saturated heterocycles. The van der Waals surface area contributed by atoms with E-state index in [-0.39, 0.29) is 0 Å². The van der Waals surface area contributed by atoms with Gasteiger partial charge in [0.15, 0.2) is 0 Å². The number of likely N-dealkylation sites (tertiary alicyclic amines) is 1. The number of halogens is 1. The van der Waals surface area contributed by atoms with Gasteiger partial charge in [-0.1, -0.05) is 36.2 Å². The molecule has 2 fully saturated rings. The molecule has 1 aliphatic heterocycles. The summed E-state index contributed by atoms with van der Waals surface area (Å²) in [5.41, 5.74) is 0. The molecule has 1 aliphatic carbocycles. The third-order valence-corrected chi connectivity index (χ3v) is 4.58. The highest BCUT2D eigenvalue weighted by Gasteiger charge is 2.44. The molecule has 0 radical (unpaired) electrons. The van der Waals surface area contributed by atoms with Crippen LogP contribution in [0.3, 0.4) is 0 Å². The molecular formula is C15H20ClNO. The maximum atomic E-state index is 6.79. The lowest BCUT2D eigenvalue weighted by Gasteiger charge is -2.49. The molecular weight excluding hydrogens is 246 g/mol. The van der Waals surface area contributed by atoms with Crippen LogP contribution >= 0.6 is 11.6 Å². The number of hydrogen-bond acceptors (Lipinski definition) is 2. The Morgan fingerprint density at radius 3 is 2.56 bits per heavy atom. The molecule has 1 aromatic carbocycles. The van der Waals surface area contributed by atoms with Gasteiger partial charge in [-0.25, -0.2) is 4.90 Å². The van der Waals surface area contributed by atoms with Gasteiger partial charge in [0.2, 0.25) is 5.18 Å². The van der Waals surface area contributed by atoms with Crippen molar-refractivity contribution in [1.82, 2.24) is 4.90 Å². The van der Waals surface area contributed by atoms with Gasteiger partial charge in [-0.3, -0.25) is 0 Å². The van der Waals surface area contributed by atoms with E-state index in [9.17, 15) is 0 Å². The molecule has 2 aliphatic rings. The van der Waals surface area contributed by atoms with Crippen LogP contribution in [0, 0.1) is 0 Å². The summed E-state index contributed by atoms with van der Waals surface area (Å²) >= 11 is 6.79. The highest BCUT2D eigenvalue weighted by molar-refractivity contribution is 6.22. The lowest BCUT2D eigenvalue weighted by atomic mass is 9.89. The lowest BCUT2D eigenvalue weighted by Crippen LogP contribution is -2.58. The fourth-order valence-corrected chi connectivity index (χ4v) is 3.31. The SMILES string of the molecule is ClC1(Oc2ccccc2)CCCCN1C1CCC1. The van der Waals surface area contributed by atoms with Crippen molar-refractivity contribution in [3.05, 3.63) is 30.3 Å². The summed E-state index contributed by atoms with van der Waals surface area (Å²) in [7, 11) is 0. The molecule has 3 rings (SSSR count). The molecule has 0 aromatic heterocycles. The molecule has 1 aromatic rings. The molecule has 1 unspecified atom stereocenters. The van der Waals surface area contributed by atoms with E-state index in [1.165, 1.54) is 25.7 Å². The molecule has 1 saturated carbocycles. The first-order valence-electron chi connectivity index (χ1n) is 6.98. The minimum absolute atomic E-state index is 0.620. The molecule has 18 heavy (non-hydrogen) atoms. The van der Waals surface area contributed by atoms with Crippen LogP contribution in [-0.4, -0.2) is 22.7 Å². The van der Waals surface area contributed by atoms with Gasteiger partial charge in [0.25, 0.3) is 0 Å². The number of benzene rings is 1. The first-order chi connectivity index (χ1) is 8.78. The fourth-order valence-electron chi connectivity index (χ4n) is 2.87. The van der Waals surface area contributed by atoms with Gasteiger partial charge in [-0.2, -0.15) is 0 Å². The van der Waals surface area contributed by atoms with Crippen molar-refractivity contribution >= 4 is 11.6 Å². The first-order valence-corrected chi connectivity index (χ1v) is 7.35. The van der Waals surface area contributed by atoms with Gasteiger partial charge >= 0.3 is 0 Å². The third-order valence-electron chi connectivity index (χ3n) is 4.10. The molecule has 0 bridgehead atoms. The van der Waals surface area contributed by atoms with Gasteiger partial charge in [0.05, 0.1) is 0 Å². The first kappa shape index (κ1) is 12.3. The van der Waals surface area contributed by atoms with Gasteiger partial charge in [0.1, 0.15) is 5.75 Å². The number of alkyl halides is 1. The molecule has 1 atom stereocenters. The largest absolute Gasteiger partial charge is 0.459 e. The predicted octanol–water partition coefficient (Wildman–Crippen LogP) is 4.00. The van der Waals surface area contributed by atoms with E-state index in [1.807, 2.05) is 30.3 Å². The zero-order valence-corrected chi connectivity index (χ0v) is 11.4. The fraction of sp³-hybridized carbons (Fsp3) is 0.600. The summed E-state index contributed by atoms with van der Waals surface area (Å²) in [6.07, 6.45) is 7.18. The summed E-state index contributed by atoms with van der Waals surface area (Å²) < 4.78 is 6.10. The van der Waals surface area contributed by atoms with E-state index in [2.05, 4.69) is 4.90 Å². The second kappa shape index (κ2) is 5.10. The number of ether oxygens (including phenoxy) is 1. The van der Waals surface area contributed by atoms with Crippen molar-refractivity contribution in [3.63, 3.8) is 0 Å². The molecule has 2 nitrogen and oxygen atoms in total. The number of para-hydroxylation sites is 1. The van der Waals surface area contributed by atoms with Crippen molar-refractivity contribution in [2.75, 3.05) is 6.54 Å². The standard InChI is InChI=1S/C15H20ClNO/c16-15(18-14-9-2-1-3-10-14)11-4-5-12-17(15)13-7-6-8-13/h1-3,9-10,13H,4-8,11-12H2. The van der Waals surface area contributed by atoms with E-state index in [1.54, 1.807) is 0 Å². The Balaban J connectivity index is 1.76. The van der Waals surface area contributed by atoms with Gasteiger partial charge < -0.3 is 4.74 Å². The normalized spacial score (nSPS) is 29.8. The van der Waals surface area contributed by atoms with E-state index in [4.69, 9.17) is 16.3 Å². The van der Waals surface area contributed by atoms with E-state index < -0.39 is 5.18 Å². The lowest BCUT2D eigenvalue weighted by molar-refractivity contribution is -0.0849. The summed E-state index contributed by atoms with van der Waals surface area (Å²) in [5, 5.41) is -0.620. The Hall–Kier alpha value is -0.730. The molecule has 0 amide bonds. The predicted molar refractivity (Wildman–Crippen MR) is 73.9 cm³/mol. The Bertz CT molecular complexity index is 393. The molecule has 1 heterocycles. The smallest absolute Gasteiger partial charge is 0.240 e. The van der Waals surface area contributed by atoms with Gasteiger partial charge in [-0.05, 0) is 37.8 Å². The molecule has 0 N–H and O–H groups in total. The van der Waals surface area contributed by atoms with E-state index >= 15 is 0 Å². The number of rotatable bonds is 3. The summed E-state index contributed by atoms with van der Waals surface area (Å²) in [6.45, 7) is 1.07. The maximum Gasteiger partial charge on any atom is 0.240 e. The highest BCUT2D eigenvalue weighted by Crippen LogP contribution is 2.40.